The van der Waals surface area contributed by atoms with Crippen LogP contribution in [-0.2, 0) is 4.84 Å². The second kappa shape index (κ2) is 10.6. The number of methoxy groups -OCH3 is 3. The Balaban J connectivity index is 1.63. The van der Waals surface area contributed by atoms with Crippen molar-refractivity contribution in [3.8, 4) is 17.2 Å². The van der Waals surface area contributed by atoms with Crippen LogP contribution in [0.5, 0.6) is 17.2 Å². The van der Waals surface area contributed by atoms with Crippen LogP contribution in [0.25, 0.3) is 0 Å². The molecule has 3 aromatic rings. The summed E-state index contributed by atoms with van der Waals surface area (Å²) in [5.74, 6) is -0.197. The molecule has 10 heteroatoms. The van der Waals surface area contributed by atoms with E-state index in [1.807, 2.05) is 0 Å². The summed E-state index contributed by atoms with van der Waals surface area (Å²) in [5, 5.41) is 7.59. The van der Waals surface area contributed by atoms with Gasteiger partial charge in [-0.25, -0.2) is 10.3 Å². The number of nitrogen functional groups attached to an aromatic ring is 1. The van der Waals surface area contributed by atoms with Crippen molar-refractivity contribution in [2.45, 2.75) is 0 Å². The van der Waals surface area contributed by atoms with Gasteiger partial charge < -0.3 is 24.8 Å². The third kappa shape index (κ3) is 5.56. The van der Waals surface area contributed by atoms with E-state index in [1.54, 1.807) is 48.5 Å². The third-order valence-electron chi connectivity index (χ3n) is 4.48. The normalized spacial score (nSPS) is 10.5. The molecular formula is C23H22N4O6. The molecule has 0 saturated heterocycles. The van der Waals surface area contributed by atoms with E-state index in [0.29, 0.717) is 34.3 Å². The smallest absolute Gasteiger partial charge is 0.363 e. The summed E-state index contributed by atoms with van der Waals surface area (Å²) in [7, 11) is 4.37. The van der Waals surface area contributed by atoms with Gasteiger partial charge in [0, 0.05) is 5.69 Å². The van der Waals surface area contributed by atoms with Gasteiger partial charge in [0.05, 0.1) is 43.8 Å². The highest BCUT2D eigenvalue weighted by Crippen LogP contribution is 2.38. The van der Waals surface area contributed by atoms with Crippen molar-refractivity contribution < 1.29 is 28.6 Å². The van der Waals surface area contributed by atoms with E-state index in [9.17, 15) is 9.59 Å². The first kappa shape index (κ1) is 23.1. The molecule has 10 nitrogen and oxygen atoms in total. The van der Waals surface area contributed by atoms with Gasteiger partial charge in [0.15, 0.2) is 11.5 Å². The minimum atomic E-state index is -0.663. The molecule has 0 fully saturated rings. The Morgan fingerprint density at radius 3 is 2.09 bits per heavy atom. The molecule has 0 atom stereocenters. The summed E-state index contributed by atoms with van der Waals surface area (Å²) in [4.78, 5) is 29.7. The highest BCUT2D eigenvalue weighted by molar-refractivity contribution is 5.99. The number of amides is 1. The van der Waals surface area contributed by atoms with E-state index in [0.717, 1.165) is 0 Å². The van der Waals surface area contributed by atoms with Gasteiger partial charge in [0.1, 0.15) is 0 Å². The molecule has 0 heterocycles. The molecule has 0 saturated carbocycles. The monoisotopic (exact) mass is 450 g/mol. The van der Waals surface area contributed by atoms with Crippen molar-refractivity contribution in [3.63, 3.8) is 0 Å². The molecule has 0 unspecified atom stereocenters. The van der Waals surface area contributed by atoms with Crippen molar-refractivity contribution in [3.05, 3.63) is 71.8 Å². The number of nitrogens with one attached hydrogen (secondary N) is 1. The fourth-order valence-corrected chi connectivity index (χ4v) is 2.81. The van der Waals surface area contributed by atoms with Gasteiger partial charge in [-0.05, 0) is 48.5 Å². The topological polar surface area (TPSA) is 134 Å². The van der Waals surface area contributed by atoms with E-state index in [1.165, 1.54) is 33.5 Å². The summed E-state index contributed by atoms with van der Waals surface area (Å²) >= 11 is 0. The van der Waals surface area contributed by atoms with Gasteiger partial charge in [-0.15, -0.1) is 10.2 Å². The molecule has 0 aliphatic heterocycles. The number of carbonyl (C=O) groups is 2. The molecule has 170 valence electrons. The van der Waals surface area contributed by atoms with E-state index >= 15 is 0 Å². The molecule has 0 bridgehead atoms. The molecule has 0 aliphatic rings. The second-order valence-corrected chi connectivity index (χ2v) is 6.54. The van der Waals surface area contributed by atoms with Crippen LogP contribution in [0.15, 0.2) is 70.9 Å². The summed E-state index contributed by atoms with van der Waals surface area (Å²) in [5.41, 5.74) is 10.0. The first-order chi connectivity index (χ1) is 16.0. The number of rotatable bonds is 8. The minimum Gasteiger partial charge on any atom is -0.493 e. The minimum absolute atomic E-state index is 0.195. The van der Waals surface area contributed by atoms with Gasteiger partial charge >= 0.3 is 5.97 Å². The number of nitrogens with two attached hydrogens (primary N) is 1. The van der Waals surface area contributed by atoms with Gasteiger partial charge in [-0.1, -0.05) is 12.1 Å². The average Bonchev–Trinajstić information content (AvgIpc) is 2.85. The average molecular weight is 450 g/mol. The Labute approximate surface area is 189 Å². The number of carbonyl (C=O) groups excluding carboxylic acids is 2. The lowest BCUT2D eigenvalue weighted by Crippen LogP contribution is -2.11. The van der Waals surface area contributed by atoms with Crippen LogP contribution in [0, 0.1) is 0 Å². The van der Waals surface area contributed by atoms with Crippen molar-refractivity contribution in [2.24, 2.45) is 10.2 Å². The lowest BCUT2D eigenvalue weighted by atomic mass is 10.2. The van der Waals surface area contributed by atoms with Crippen molar-refractivity contribution in [1.82, 2.24) is 0 Å². The Morgan fingerprint density at radius 2 is 1.52 bits per heavy atom. The van der Waals surface area contributed by atoms with E-state index in [-0.39, 0.29) is 11.1 Å². The zero-order valence-electron chi connectivity index (χ0n) is 18.2. The van der Waals surface area contributed by atoms with Gasteiger partial charge in [-0.3, -0.25) is 4.79 Å². The van der Waals surface area contributed by atoms with E-state index < -0.39 is 11.9 Å². The first-order valence-corrected chi connectivity index (χ1v) is 9.64. The molecular weight excluding hydrogens is 428 g/mol. The van der Waals surface area contributed by atoms with Crippen molar-refractivity contribution >= 4 is 28.9 Å². The number of azo groups is 1. The quantitative estimate of drug-likeness (QED) is 0.293. The van der Waals surface area contributed by atoms with Crippen LogP contribution in [0.4, 0.5) is 17.1 Å². The number of hydrogen-bond acceptors (Lipinski definition) is 9. The van der Waals surface area contributed by atoms with E-state index in [4.69, 9.17) is 24.8 Å². The maximum atomic E-state index is 12.4. The number of nitrogens with zero attached hydrogens (tertiary/aromatic N) is 2. The summed E-state index contributed by atoms with van der Waals surface area (Å²) in [6.07, 6.45) is 0. The summed E-state index contributed by atoms with van der Waals surface area (Å²) < 4.78 is 15.7. The van der Waals surface area contributed by atoms with Crippen LogP contribution in [0.2, 0.25) is 0 Å². The van der Waals surface area contributed by atoms with Crippen LogP contribution in [-0.4, -0.2) is 33.2 Å². The predicted octanol–water partition coefficient (Wildman–Crippen LogP) is 4.40. The predicted molar refractivity (Wildman–Crippen MR) is 121 cm³/mol. The Hall–Kier alpha value is -4.60. The van der Waals surface area contributed by atoms with Gasteiger partial charge in [0.2, 0.25) is 5.75 Å². The number of ether oxygens (including phenoxy) is 3. The molecule has 33 heavy (non-hydrogen) atoms. The molecule has 1 amide bonds. The number of anilines is 2. The van der Waals surface area contributed by atoms with Gasteiger partial charge in [-0.2, -0.15) is 0 Å². The Morgan fingerprint density at radius 1 is 0.879 bits per heavy atom. The summed E-state index contributed by atoms with van der Waals surface area (Å²) in [6.45, 7) is 0. The van der Waals surface area contributed by atoms with Crippen LogP contribution in [0.1, 0.15) is 20.7 Å². The zero-order chi connectivity index (χ0) is 23.8. The molecule has 3 rings (SSSR count). The standard InChI is InChI=1S/C23H22N4O6/c1-30-19-12-14(13-20(31-2)21(19)32-3)23(29)33-27-16-10-8-15(9-11-16)25-26-22(28)17-6-4-5-7-18(17)24/h4-13,27H,24H2,1-3H3. The zero-order valence-corrected chi connectivity index (χ0v) is 18.2. The van der Waals surface area contributed by atoms with E-state index in [2.05, 4.69) is 15.7 Å². The fraction of sp³-hybridized carbons (Fsp3) is 0.130. The van der Waals surface area contributed by atoms with Crippen LogP contribution < -0.4 is 25.4 Å². The Kier molecular flexibility index (Phi) is 7.43. The third-order valence-corrected chi connectivity index (χ3v) is 4.48. The Bertz CT molecular complexity index is 1150. The highest BCUT2D eigenvalue weighted by Gasteiger charge is 2.18. The molecule has 0 aliphatic carbocycles. The maximum absolute atomic E-state index is 12.4. The van der Waals surface area contributed by atoms with Crippen LogP contribution in [0.3, 0.4) is 0 Å². The first-order valence-electron chi connectivity index (χ1n) is 9.64. The molecule has 3 N–H and O–H groups in total. The number of hydrogen-bond donors (Lipinski definition) is 2. The van der Waals surface area contributed by atoms with Crippen molar-refractivity contribution in [1.29, 1.82) is 0 Å². The highest BCUT2D eigenvalue weighted by atomic mass is 16.7. The van der Waals surface area contributed by atoms with Gasteiger partial charge in [0.25, 0.3) is 5.91 Å². The lowest BCUT2D eigenvalue weighted by Gasteiger charge is -2.14. The molecule has 0 spiro atoms. The molecule has 3 aromatic carbocycles. The van der Waals surface area contributed by atoms with Crippen LogP contribution >= 0.6 is 0 Å². The van der Waals surface area contributed by atoms with Crippen molar-refractivity contribution in [2.75, 3.05) is 32.5 Å². The second-order valence-electron chi connectivity index (χ2n) is 6.54. The number of benzene rings is 3. The fourth-order valence-electron chi connectivity index (χ4n) is 2.81. The molecule has 0 aromatic heterocycles. The summed E-state index contributed by atoms with van der Waals surface area (Å²) in [6, 6.07) is 16.0. The largest absolute Gasteiger partial charge is 0.493 e. The maximum Gasteiger partial charge on any atom is 0.363 e. The lowest BCUT2D eigenvalue weighted by molar-refractivity contribution is 0.0595. The number of para-hydroxylation sites is 1. The molecule has 0 radical (unpaired) electrons. The SMILES string of the molecule is COc1cc(C(=O)ONc2ccc(N=NC(=O)c3ccccc3N)cc2)cc(OC)c1OC.